The number of carbonyl (C=O) groups is 1. The van der Waals surface area contributed by atoms with Crippen LogP contribution in [0.15, 0.2) is 45.5 Å². The van der Waals surface area contributed by atoms with Gasteiger partial charge < -0.3 is 0 Å². The van der Waals surface area contributed by atoms with Crippen LogP contribution in [0.5, 0.6) is 0 Å². The van der Waals surface area contributed by atoms with Crippen molar-refractivity contribution in [3.05, 3.63) is 51.7 Å². The Morgan fingerprint density at radius 1 is 1.37 bits per heavy atom. The molecular weight excluding hydrogens is 261 g/mol. The molecule has 0 amide bonds. The van der Waals surface area contributed by atoms with E-state index in [9.17, 15) is 9.18 Å². The van der Waals surface area contributed by atoms with Crippen LogP contribution in [0.25, 0.3) is 0 Å². The van der Waals surface area contributed by atoms with E-state index >= 15 is 0 Å². The van der Waals surface area contributed by atoms with E-state index in [4.69, 9.17) is 5.26 Å². The molecular formula is C15H10FNOS. The first-order valence-corrected chi connectivity index (χ1v) is 6.84. The van der Waals surface area contributed by atoms with Gasteiger partial charge in [-0.3, -0.25) is 4.79 Å². The lowest BCUT2D eigenvalue weighted by atomic mass is 9.94. The zero-order chi connectivity index (χ0) is 13.4. The monoisotopic (exact) mass is 271 g/mol. The molecule has 94 valence electrons. The minimum Gasteiger partial charge on any atom is -0.294 e. The van der Waals surface area contributed by atoms with Gasteiger partial charge >= 0.3 is 0 Å². The summed E-state index contributed by atoms with van der Waals surface area (Å²) < 4.78 is 13.9. The lowest BCUT2D eigenvalue weighted by Gasteiger charge is -2.13. The van der Waals surface area contributed by atoms with Crippen LogP contribution in [-0.4, -0.2) is 5.78 Å². The first-order chi connectivity index (χ1) is 9.20. The van der Waals surface area contributed by atoms with E-state index in [-0.39, 0.29) is 18.0 Å². The van der Waals surface area contributed by atoms with E-state index in [0.717, 1.165) is 10.5 Å². The molecule has 1 aromatic carbocycles. The molecule has 0 fully saturated rings. The highest BCUT2D eigenvalue weighted by Crippen LogP contribution is 2.43. The maximum Gasteiger partial charge on any atom is 0.164 e. The first-order valence-electron chi connectivity index (χ1n) is 6.03. The van der Waals surface area contributed by atoms with Gasteiger partial charge in [-0.1, -0.05) is 17.8 Å². The molecule has 2 nitrogen and oxygen atoms in total. The lowest BCUT2D eigenvalue weighted by molar-refractivity contribution is -0.115. The molecule has 19 heavy (non-hydrogen) atoms. The van der Waals surface area contributed by atoms with Gasteiger partial charge in [0.05, 0.1) is 16.5 Å². The molecule has 0 unspecified atom stereocenters. The van der Waals surface area contributed by atoms with Gasteiger partial charge in [0.15, 0.2) is 5.78 Å². The average Bonchev–Trinajstić information content (AvgIpc) is 2.56. The van der Waals surface area contributed by atoms with E-state index in [1.807, 2.05) is 6.07 Å². The molecule has 0 atom stereocenters. The molecule has 0 saturated carbocycles. The maximum atomic E-state index is 13.9. The fourth-order valence-electron chi connectivity index (χ4n) is 2.40. The minimum absolute atomic E-state index is 0.0628. The fraction of sp³-hybridized carbons (Fsp3) is 0.200. The number of hydrogen-bond donors (Lipinski definition) is 0. The number of thioether (sulfide) groups is 1. The van der Waals surface area contributed by atoms with Crippen molar-refractivity contribution in [1.29, 1.82) is 5.26 Å². The first kappa shape index (κ1) is 12.2. The summed E-state index contributed by atoms with van der Waals surface area (Å²) in [6.07, 6.45) is 2.87. The Balaban J connectivity index is 2.16. The standard InChI is InChI=1S/C15H10FNOS/c16-12-5-2-4-10-13(18)7-11-9(8-17)3-1-6-14(11)19-15(10)12/h1,3,5-6H,2,4,7H2. The quantitative estimate of drug-likeness (QED) is 0.722. The van der Waals surface area contributed by atoms with Crippen LogP contribution >= 0.6 is 11.8 Å². The van der Waals surface area contributed by atoms with Crippen LogP contribution < -0.4 is 0 Å². The van der Waals surface area contributed by atoms with E-state index in [1.165, 1.54) is 17.8 Å². The molecule has 2 aliphatic rings. The Bertz CT molecular complexity index is 682. The molecule has 1 aliphatic carbocycles. The van der Waals surface area contributed by atoms with Crippen molar-refractivity contribution in [2.75, 3.05) is 0 Å². The molecule has 1 heterocycles. The highest BCUT2D eigenvalue weighted by Gasteiger charge is 2.28. The van der Waals surface area contributed by atoms with Crippen LogP contribution in [0.2, 0.25) is 0 Å². The van der Waals surface area contributed by atoms with Crippen LogP contribution in [0.3, 0.4) is 0 Å². The van der Waals surface area contributed by atoms with Gasteiger partial charge in [0.1, 0.15) is 5.83 Å². The summed E-state index contributed by atoms with van der Waals surface area (Å²) in [4.78, 5) is 13.5. The summed E-state index contributed by atoms with van der Waals surface area (Å²) in [7, 11) is 0. The predicted molar refractivity (Wildman–Crippen MR) is 71.2 cm³/mol. The normalized spacial score (nSPS) is 18.1. The van der Waals surface area contributed by atoms with E-state index in [2.05, 4.69) is 6.07 Å². The highest BCUT2D eigenvalue weighted by molar-refractivity contribution is 8.03. The molecule has 0 bridgehead atoms. The molecule has 0 N–H and O–H groups in total. The van der Waals surface area contributed by atoms with Gasteiger partial charge in [-0.15, -0.1) is 0 Å². The maximum absolute atomic E-state index is 13.9. The number of nitrogens with zero attached hydrogens (tertiary/aromatic N) is 1. The number of halogens is 1. The number of benzene rings is 1. The van der Waals surface area contributed by atoms with Gasteiger partial charge in [-0.05, 0) is 36.6 Å². The Hall–Kier alpha value is -1.86. The third kappa shape index (κ3) is 2.00. The van der Waals surface area contributed by atoms with Crippen molar-refractivity contribution in [2.24, 2.45) is 0 Å². The molecule has 0 spiro atoms. The summed E-state index contributed by atoms with van der Waals surface area (Å²) in [6, 6.07) is 7.41. The third-order valence-corrected chi connectivity index (χ3v) is 4.60. The number of rotatable bonds is 0. The topological polar surface area (TPSA) is 40.9 Å². The number of nitriles is 1. The molecule has 0 saturated heterocycles. The number of allylic oxidation sites excluding steroid dienone is 3. The predicted octanol–water partition coefficient (Wildman–Crippen LogP) is 3.68. The van der Waals surface area contributed by atoms with Crippen molar-refractivity contribution >= 4 is 17.5 Å². The Morgan fingerprint density at radius 3 is 3.00 bits per heavy atom. The van der Waals surface area contributed by atoms with Crippen molar-refractivity contribution in [3.8, 4) is 6.07 Å². The van der Waals surface area contributed by atoms with Crippen molar-refractivity contribution in [3.63, 3.8) is 0 Å². The van der Waals surface area contributed by atoms with E-state index < -0.39 is 0 Å². The Labute approximate surface area is 114 Å². The second-order valence-corrected chi connectivity index (χ2v) is 5.55. The SMILES string of the molecule is N#Cc1cccc2c1CC(=O)C1=C(S2)C(F)=CCC1. The van der Waals surface area contributed by atoms with E-state index in [0.29, 0.717) is 28.9 Å². The average molecular weight is 271 g/mol. The van der Waals surface area contributed by atoms with E-state index in [1.54, 1.807) is 12.1 Å². The van der Waals surface area contributed by atoms with Crippen molar-refractivity contribution in [1.82, 2.24) is 0 Å². The number of Topliss-reactive ketones (excluding diaryl/α,β-unsaturated/α-hetero) is 1. The van der Waals surface area contributed by atoms with Crippen molar-refractivity contribution in [2.45, 2.75) is 24.2 Å². The van der Waals surface area contributed by atoms with Gasteiger partial charge in [0.25, 0.3) is 0 Å². The number of hydrogen-bond acceptors (Lipinski definition) is 3. The second-order valence-electron chi connectivity index (χ2n) is 4.49. The van der Waals surface area contributed by atoms with Gasteiger partial charge in [0, 0.05) is 16.9 Å². The molecule has 0 radical (unpaired) electrons. The van der Waals surface area contributed by atoms with Crippen LogP contribution in [-0.2, 0) is 11.2 Å². The minimum atomic E-state index is -0.310. The van der Waals surface area contributed by atoms with Gasteiger partial charge in [-0.25, -0.2) is 4.39 Å². The molecule has 1 aliphatic heterocycles. The second kappa shape index (κ2) is 4.67. The Morgan fingerprint density at radius 2 is 2.21 bits per heavy atom. The number of ketones is 1. The molecule has 3 rings (SSSR count). The summed E-state index contributed by atoms with van der Waals surface area (Å²) in [5.41, 5.74) is 1.80. The molecule has 4 heteroatoms. The van der Waals surface area contributed by atoms with Crippen LogP contribution in [0.4, 0.5) is 4.39 Å². The number of fused-ring (bicyclic) bond motifs is 1. The zero-order valence-electron chi connectivity index (χ0n) is 10.1. The largest absolute Gasteiger partial charge is 0.294 e. The summed E-state index contributed by atoms with van der Waals surface area (Å²) in [5, 5.41) is 9.11. The lowest BCUT2D eigenvalue weighted by Crippen LogP contribution is -2.09. The smallest absolute Gasteiger partial charge is 0.164 e. The highest BCUT2D eigenvalue weighted by atomic mass is 32.2. The summed E-state index contributed by atoms with van der Waals surface area (Å²) in [5.74, 6) is -0.373. The Kier molecular flexibility index (Phi) is 3.00. The van der Waals surface area contributed by atoms with Crippen molar-refractivity contribution < 1.29 is 9.18 Å². The summed E-state index contributed by atoms with van der Waals surface area (Å²) in [6.45, 7) is 0. The summed E-state index contributed by atoms with van der Waals surface area (Å²) >= 11 is 1.27. The molecule has 0 aromatic heterocycles. The third-order valence-electron chi connectivity index (χ3n) is 3.35. The number of carbonyl (C=O) groups excluding carboxylic acids is 1. The van der Waals surface area contributed by atoms with Gasteiger partial charge in [-0.2, -0.15) is 5.26 Å². The zero-order valence-corrected chi connectivity index (χ0v) is 10.9. The van der Waals surface area contributed by atoms with Crippen LogP contribution in [0.1, 0.15) is 24.0 Å². The van der Waals surface area contributed by atoms with Crippen LogP contribution in [0, 0.1) is 11.3 Å². The fourth-order valence-corrected chi connectivity index (χ4v) is 3.59. The molecule has 1 aromatic rings. The van der Waals surface area contributed by atoms with Gasteiger partial charge in [0.2, 0.25) is 0 Å².